The molecule has 3 aromatic heterocycles. The summed E-state index contributed by atoms with van der Waals surface area (Å²) in [4.78, 5) is 15.6. The van der Waals surface area contributed by atoms with E-state index in [0.29, 0.717) is 34.9 Å². The molecular weight excluding hydrogens is 471 g/mol. The number of pyridine rings is 1. The Labute approximate surface area is 204 Å². The van der Waals surface area contributed by atoms with E-state index < -0.39 is 17.5 Å². The highest BCUT2D eigenvalue weighted by Crippen LogP contribution is 2.50. The predicted molar refractivity (Wildman–Crippen MR) is 125 cm³/mol. The van der Waals surface area contributed by atoms with Crippen LogP contribution in [0.25, 0.3) is 16.8 Å². The molecule has 0 spiro atoms. The predicted octanol–water partition coefficient (Wildman–Crippen LogP) is 3.47. The number of fused-ring (bicyclic) bond motifs is 4. The van der Waals surface area contributed by atoms with Gasteiger partial charge in [0.25, 0.3) is 0 Å². The number of hydrogen-bond acceptors (Lipinski definition) is 7. The lowest BCUT2D eigenvalue weighted by atomic mass is 9.90. The molecule has 0 radical (unpaired) electrons. The Kier molecular flexibility index (Phi) is 4.72. The fourth-order valence-corrected chi connectivity index (χ4v) is 6.04. The van der Waals surface area contributed by atoms with E-state index in [1.807, 2.05) is 13.0 Å². The van der Waals surface area contributed by atoms with E-state index in [0.717, 1.165) is 37.3 Å². The third-order valence-corrected chi connectivity index (χ3v) is 7.78. The number of aryl methyl sites for hydroxylation is 1. The maximum atomic E-state index is 14.5. The van der Waals surface area contributed by atoms with Gasteiger partial charge in [-0.15, -0.1) is 5.10 Å². The zero-order valence-electron chi connectivity index (χ0n) is 19.3. The number of nitrogens with one attached hydrogen (secondary N) is 1. The zero-order chi connectivity index (χ0) is 24.6. The third kappa shape index (κ3) is 3.18. The van der Waals surface area contributed by atoms with Gasteiger partial charge in [-0.2, -0.15) is 4.98 Å². The Balaban J connectivity index is 1.19. The first-order chi connectivity index (χ1) is 17.5. The molecule has 2 saturated heterocycles. The minimum atomic E-state index is -1.51. The van der Waals surface area contributed by atoms with Crippen LogP contribution in [0.2, 0.25) is 0 Å². The largest absolute Gasteiger partial charge is 0.375 e. The van der Waals surface area contributed by atoms with E-state index in [9.17, 15) is 13.2 Å². The third-order valence-electron chi connectivity index (χ3n) is 7.78. The summed E-state index contributed by atoms with van der Waals surface area (Å²) in [6.07, 6.45) is 3.35. The average molecular weight is 493 g/mol. The minimum absolute atomic E-state index is 0.00236. The van der Waals surface area contributed by atoms with Gasteiger partial charge in [0.15, 0.2) is 23.1 Å². The molecule has 0 amide bonds. The smallest absolute Gasteiger partial charge is 0.243 e. The first-order valence-corrected chi connectivity index (χ1v) is 11.9. The molecule has 5 heterocycles. The van der Waals surface area contributed by atoms with E-state index in [1.54, 1.807) is 24.7 Å². The Morgan fingerprint density at radius 3 is 2.67 bits per heavy atom. The van der Waals surface area contributed by atoms with E-state index in [1.165, 1.54) is 10.6 Å². The maximum Gasteiger partial charge on any atom is 0.243 e. The Bertz CT molecular complexity index is 1490. The number of rotatable bonds is 4. The number of benzene rings is 1. The van der Waals surface area contributed by atoms with Gasteiger partial charge >= 0.3 is 0 Å². The number of ether oxygens (including phenoxy) is 1. The highest BCUT2D eigenvalue weighted by molar-refractivity contribution is 5.78. The van der Waals surface area contributed by atoms with Crippen LogP contribution >= 0.6 is 0 Å². The highest BCUT2D eigenvalue weighted by Gasteiger charge is 2.59. The van der Waals surface area contributed by atoms with Gasteiger partial charge in [-0.1, -0.05) is 0 Å². The topological polar surface area (TPSA) is 80.5 Å². The molecule has 1 aromatic carbocycles. The maximum absolute atomic E-state index is 14.5. The van der Waals surface area contributed by atoms with Gasteiger partial charge in [0.2, 0.25) is 5.95 Å². The van der Waals surface area contributed by atoms with Crippen LogP contribution in [0.5, 0.6) is 0 Å². The average Bonchev–Trinajstić information content (AvgIpc) is 3.50. The molecule has 7 rings (SSSR count). The van der Waals surface area contributed by atoms with Crippen LogP contribution in [-0.4, -0.2) is 56.4 Å². The first kappa shape index (κ1) is 21.5. The van der Waals surface area contributed by atoms with Gasteiger partial charge in [-0.05, 0) is 37.1 Å². The zero-order valence-corrected chi connectivity index (χ0v) is 19.3. The molecule has 2 aliphatic heterocycles. The summed E-state index contributed by atoms with van der Waals surface area (Å²) in [7, 11) is 0. The minimum Gasteiger partial charge on any atom is -0.375 e. The van der Waals surface area contributed by atoms with Crippen molar-refractivity contribution in [1.29, 1.82) is 0 Å². The van der Waals surface area contributed by atoms with Crippen LogP contribution in [-0.2, 0) is 4.74 Å². The molecule has 1 N–H and O–H groups in total. The molecule has 0 bridgehead atoms. The fraction of sp³-hybridized carbons (Fsp3) is 0.360. The van der Waals surface area contributed by atoms with E-state index in [-0.39, 0.29) is 17.7 Å². The van der Waals surface area contributed by atoms with E-state index >= 15 is 0 Å². The summed E-state index contributed by atoms with van der Waals surface area (Å²) in [5.74, 6) is -1.48. The number of halogens is 3. The molecule has 5 atom stereocenters. The van der Waals surface area contributed by atoms with Crippen LogP contribution in [0.15, 0.2) is 42.9 Å². The van der Waals surface area contributed by atoms with Gasteiger partial charge in [0.1, 0.15) is 12.1 Å². The van der Waals surface area contributed by atoms with Crippen molar-refractivity contribution in [2.24, 2.45) is 17.8 Å². The fourth-order valence-electron chi connectivity index (χ4n) is 6.04. The number of hydrogen-bond donors (Lipinski definition) is 1. The number of anilines is 2. The van der Waals surface area contributed by atoms with Gasteiger partial charge in [0.05, 0.1) is 18.8 Å². The van der Waals surface area contributed by atoms with Gasteiger partial charge < -0.3 is 15.0 Å². The molecule has 3 fully saturated rings. The second kappa shape index (κ2) is 7.89. The summed E-state index contributed by atoms with van der Waals surface area (Å²) in [5, 5.41) is 8.01. The summed E-state index contributed by atoms with van der Waals surface area (Å²) in [6, 6.07) is 7.39. The highest BCUT2D eigenvalue weighted by atomic mass is 19.2. The molecule has 1 saturated carbocycles. The van der Waals surface area contributed by atoms with Crippen molar-refractivity contribution in [2.75, 3.05) is 29.9 Å². The lowest BCUT2D eigenvalue weighted by Gasteiger charge is -2.38. The van der Waals surface area contributed by atoms with Crippen molar-refractivity contribution in [1.82, 2.24) is 24.6 Å². The van der Waals surface area contributed by atoms with E-state index in [4.69, 9.17) is 4.74 Å². The van der Waals surface area contributed by atoms with Crippen LogP contribution in [0.3, 0.4) is 0 Å². The SMILES string of the molecule is Cc1cc(N2CC3C4CO[C@H]4C(Nc4nc5c(-c6ccc(F)c(F)c6F)cccn5n4)[C@@H]3C2)ncn1. The van der Waals surface area contributed by atoms with E-state index in [2.05, 4.69) is 30.3 Å². The quantitative estimate of drug-likeness (QED) is 0.436. The first-order valence-electron chi connectivity index (χ1n) is 11.9. The van der Waals surface area contributed by atoms with Crippen molar-refractivity contribution < 1.29 is 17.9 Å². The molecule has 184 valence electrons. The molecule has 8 nitrogen and oxygen atoms in total. The van der Waals surface area contributed by atoms with Crippen molar-refractivity contribution >= 4 is 17.4 Å². The summed E-state index contributed by atoms with van der Waals surface area (Å²) < 4.78 is 49.4. The molecule has 36 heavy (non-hydrogen) atoms. The number of aromatic nitrogens is 5. The lowest BCUT2D eigenvalue weighted by molar-refractivity contribution is -0.110. The van der Waals surface area contributed by atoms with Crippen molar-refractivity contribution in [3.8, 4) is 11.1 Å². The molecular formula is C25H22F3N7O. The molecule has 3 aliphatic rings. The Hall–Kier alpha value is -3.73. The van der Waals surface area contributed by atoms with Crippen LogP contribution < -0.4 is 10.2 Å². The normalized spacial score (nSPS) is 26.7. The standard InChI is InChI=1S/C25H22F3N7O/c1-12-7-19(30-11-29-12)34-8-15-16(9-34)22(23-17(15)10-36-23)31-25-32-24-14(3-2-6-35(24)33-25)13-4-5-18(26)21(28)20(13)27/h2-7,11,15-17,22-23H,8-10H2,1H3,(H,31,33)/t15?,16-,17?,22?,23-/m1/s1. The molecule has 4 aromatic rings. The van der Waals surface area contributed by atoms with Crippen molar-refractivity contribution in [3.63, 3.8) is 0 Å². The van der Waals surface area contributed by atoms with Gasteiger partial charge in [-0.25, -0.2) is 27.7 Å². The lowest BCUT2D eigenvalue weighted by Crippen LogP contribution is -2.48. The molecule has 3 unspecified atom stereocenters. The summed E-state index contributed by atoms with van der Waals surface area (Å²) >= 11 is 0. The Morgan fingerprint density at radius 2 is 1.86 bits per heavy atom. The summed E-state index contributed by atoms with van der Waals surface area (Å²) in [5.41, 5.74) is 1.52. The Morgan fingerprint density at radius 1 is 1.00 bits per heavy atom. The number of nitrogens with zero attached hydrogens (tertiary/aromatic N) is 6. The monoisotopic (exact) mass is 493 g/mol. The van der Waals surface area contributed by atoms with Crippen LogP contribution in [0.4, 0.5) is 24.9 Å². The van der Waals surface area contributed by atoms with Gasteiger partial charge in [-0.3, -0.25) is 0 Å². The second-order valence-corrected chi connectivity index (χ2v) is 9.73. The van der Waals surface area contributed by atoms with Crippen molar-refractivity contribution in [3.05, 3.63) is 66.0 Å². The molecule has 11 heteroatoms. The molecule has 1 aliphatic carbocycles. The van der Waals surface area contributed by atoms with Crippen LogP contribution in [0, 0.1) is 42.1 Å². The van der Waals surface area contributed by atoms with Gasteiger partial charge in [0, 0.05) is 54.0 Å². The summed E-state index contributed by atoms with van der Waals surface area (Å²) in [6.45, 7) is 4.42. The van der Waals surface area contributed by atoms with Crippen LogP contribution in [0.1, 0.15) is 5.69 Å². The second-order valence-electron chi connectivity index (χ2n) is 9.73. The van der Waals surface area contributed by atoms with Crippen molar-refractivity contribution in [2.45, 2.75) is 19.1 Å².